The van der Waals surface area contributed by atoms with Gasteiger partial charge in [0.05, 0.1) is 12.1 Å². The number of aromatic nitrogens is 2. The predicted octanol–water partition coefficient (Wildman–Crippen LogP) is -0.637. The first-order valence-electron chi connectivity index (χ1n) is 6.40. The van der Waals surface area contributed by atoms with E-state index in [4.69, 9.17) is 10.5 Å². The topological polar surface area (TPSA) is 102 Å². The Kier molecular flexibility index (Phi) is 3.08. The summed E-state index contributed by atoms with van der Waals surface area (Å²) in [5, 5.41) is 13.6. The van der Waals surface area contributed by atoms with Gasteiger partial charge in [0.2, 0.25) is 0 Å². The quantitative estimate of drug-likeness (QED) is 0.670. The molecule has 1 saturated carbocycles. The molecular weight excluding hydrogens is 246 g/mol. The van der Waals surface area contributed by atoms with Crippen LogP contribution in [0.5, 0.6) is 0 Å². The van der Waals surface area contributed by atoms with Crippen LogP contribution >= 0.6 is 0 Å². The Labute approximate surface area is 110 Å². The summed E-state index contributed by atoms with van der Waals surface area (Å²) < 4.78 is 5.63. The minimum Gasteiger partial charge on any atom is -0.376 e. The van der Waals surface area contributed by atoms with Crippen molar-refractivity contribution in [1.29, 1.82) is 0 Å². The molecule has 1 amide bonds. The van der Waals surface area contributed by atoms with Crippen LogP contribution in [0.2, 0.25) is 0 Å². The monoisotopic (exact) mass is 263 g/mol. The zero-order valence-corrected chi connectivity index (χ0v) is 10.7. The van der Waals surface area contributed by atoms with E-state index in [1.54, 1.807) is 19.2 Å². The van der Waals surface area contributed by atoms with Gasteiger partial charge in [-0.2, -0.15) is 0 Å². The summed E-state index contributed by atoms with van der Waals surface area (Å²) in [6.45, 7) is 0.780. The maximum atomic E-state index is 11.3. The average Bonchev–Trinajstić information content (AvgIpc) is 2.89. The Balaban J connectivity index is 1.66. The molecule has 4 N–H and O–H groups in total. The molecule has 19 heavy (non-hydrogen) atoms. The van der Waals surface area contributed by atoms with E-state index in [1.807, 2.05) is 0 Å². The number of carbonyl (C=O) groups excluding carboxylic acids is 1. The molecule has 2 fully saturated rings. The fourth-order valence-electron chi connectivity index (χ4n) is 2.76. The van der Waals surface area contributed by atoms with Crippen LogP contribution in [0.15, 0.2) is 12.1 Å². The first-order chi connectivity index (χ1) is 9.20. The second kappa shape index (κ2) is 4.75. The Morgan fingerprint density at radius 3 is 3.00 bits per heavy atom. The van der Waals surface area contributed by atoms with Gasteiger partial charge < -0.3 is 21.1 Å². The summed E-state index contributed by atoms with van der Waals surface area (Å²) in [7, 11) is 1.56. The second-order valence-corrected chi connectivity index (χ2v) is 4.92. The fourth-order valence-corrected chi connectivity index (χ4v) is 2.76. The smallest absolute Gasteiger partial charge is 0.271 e. The van der Waals surface area contributed by atoms with E-state index in [9.17, 15) is 4.79 Å². The van der Waals surface area contributed by atoms with Gasteiger partial charge >= 0.3 is 0 Å². The Morgan fingerprint density at radius 1 is 1.47 bits per heavy atom. The van der Waals surface area contributed by atoms with Crippen molar-refractivity contribution >= 4 is 11.7 Å². The van der Waals surface area contributed by atoms with Crippen LogP contribution < -0.4 is 16.4 Å². The number of anilines is 1. The highest BCUT2D eigenvalue weighted by Gasteiger charge is 2.52. The number of nitrogens with two attached hydrogens (primary N) is 1. The third-order valence-electron chi connectivity index (χ3n) is 3.89. The number of rotatable bonds is 3. The molecule has 3 rings (SSSR count). The van der Waals surface area contributed by atoms with Gasteiger partial charge in [0.25, 0.3) is 5.91 Å². The molecule has 7 heteroatoms. The molecule has 1 aromatic heterocycles. The third-order valence-corrected chi connectivity index (χ3v) is 3.89. The van der Waals surface area contributed by atoms with E-state index < -0.39 is 0 Å². The minimum absolute atomic E-state index is 0.0765. The number of carbonyl (C=O) groups is 1. The molecule has 4 unspecified atom stereocenters. The largest absolute Gasteiger partial charge is 0.376 e. The van der Waals surface area contributed by atoms with Crippen LogP contribution in [0.1, 0.15) is 16.9 Å². The zero-order chi connectivity index (χ0) is 13.4. The molecule has 7 nitrogen and oxygen atoms in total. The lowest BCUT2D eigenvalue weighted by molar-refractivity contribution is 0.00521. The molecule has 0 aromatic carbocycles. The first kappa shape index (κ1) is 12.3. The van der Waals surface area contributed by atoms with Crippen LogP contribution in [0, 0.1) is 5.92 Å². The van der Waals surface area contributed by atoms with Crippen LogP contribution in [0.4, 0.5) is 5.82 Å². The summed E-state index contributed by atoms with van der Waals surface area (Å²) in [5.74, 6) is 0.816. The third kappa shape index (κ3) is 2.04. The Morgan fingerprint density at radius 2 is 2.32 bits per heavy atom. The highest BCUT2D eigenvalue weighted by atomic mass is 16.5. The van der Waals surface area contributed by atoms with Gasteiger partial charge in [0.15, 0.2) is 5.69 Å². The SMILES string of the molecule is CNC(=O)c1ccc(NC2C(N)C3CCOC32)nn1. The number of nitrogens with one attached hydrogen (secondary N) is 2. The molecule has 0 spiro atoms. The number of nitrogens with zero attached hydrogens (tertiary/aromatic N) is 2. The van der Waals surface area contributed by atoms with E-state index in [1.165, 1.54) is 0 Å². The highest BCUT2D eigenvalue weighted by Crippen LogP contribution is 2.38. The summed E-state index contributed by atoms with van der Waals surface area (Å²) >= 11 is 0. The van der Waals surface area contributed by atoms with Gasteiger partial charge in [0.1, 0.15) is 5.82 Å². The predicted molar refractivity (Wildman–Crippen MR) is 68.7 cm³/mol. The van der Waals surface area contributed by atoms with E-state index in [2.05, 4.69) is 20.8 Å². The molecule has 2 heterocycles. The Bertz CT molecular complexity index is 478. The van der Waals surface area contributed by atoms with Crippen molar-refractivity contribution < 1.29 is 9.53 Å². The standard InChI is InChI=1S/C12H17N5O2/c1-14-12(18)7-2-3-8(17-16-7)15-10-9(13)6-4-5-19-11(6)10/h2-3,6,9-11H,4-5,13H2,1H3,(H,14,18)(H,15,17). The van der Waals surface area contributed by atoms with Crippen LogP contribution in [0.25, 0.3) is 0 Å². The highest BCUT2D eigenvalue weighted by molar-refractivity contribution is 5.91. The van der Waals surface area contributed by atoms with Crippen molar-refractivity contribution in [3.63, 3.8) is 0 Å². The van der Waals surface area contributed by atoms with Gasteiger partial charge in [-0.15, -0.1) is 10.2 Å². The molecule has 102 valence electrons. The van der Waals surface area contributed by atoms with E-state index >= 15 is 0 Å². The Hall–Kier alpha value is -1.73. The molecule has 1 aliphatic carbocycles. The fraction of sp³-hybridized carbons (Fsp3) is 0.583. The zero-order valence-electron chi connectivity index (χ0n) is 10.7. The van der Waals surface area contributed by atoms with Crippen molar-refractivity contribution in [2.75, 3.05) is 19.0 Å². The van der Waals surface area contributed by atoms with Gasteiger partial charge in [-0.3, -0.25) is 4.79 Å². The van der Waals surface area contributed by atoms with Crippen molar-refractivity contribution in [2.24, 2.45) is 11.7 Å². The maximum absolute atomic E-state index is 11.3. The molecule has 1 aromatic rings. The van der Waals surface area contributed by atoms with E-state index in [-0.39, 0.29) is 24.1 Å². The lowest BCUT2D eigenvalue weighted by Crippen LogP contribution is -2.65. The average molecular weight is 263 g/mol. The lowest BCUT2D eigenvalue weighted by atomic mass is 9.72. The molecule has 2 aliphatic rings. The van der Waals surface area contributed by atoms with Crippen LogP contribution in [0.3, 0.4) is 0 Å². The number of hydrogen-bond acceptors (Lipinski definition) is 6. The van der Waals surface area contributed by atoms with Gasteiger partial charge in [-0.25, -0.2) is 0 Å². The maximum Gasteiger partial charge on any atom is 0.271 e. The van der Waals surface area contributed by atoms with Crippen molar-refractivity contribution in [2.45, 2.75) is 24.6 Å². The van der Waals surface area contributed by atoms with Crippen LogP contribution in [-0.2, 0) is 4.74 Å². The number of ether oxygens (including phenoxy) is 1. The number of hydrogen-bond donors (Lipinski definition) is 3. The molecule has 1 saturated heterocycles. The summed E-state index contributed by atoms with van der Waals surface area (Å²) in [5.41, 5.74) is 6.39. The summed E-state index contributed by atoms with van der Waals surface area (Å²) in [4.78, 5) is 11.3. The summed E-state index contributed by atoms with van der Waals surface area (Å²) in [6.07, 6.45) is 1.21. The van der Waals surface area contributed by atoms with Crippen LogP contribution in [-0.4, -0.2) is 47.9 Å². The van der Waals surface area contributed by atoms with Gasteiger partial charge in [0, 0.05) is 25.6 Å². The molecular formula is C12H17N5O2. The normalized spacial score (nSPS) is 32.3. The number of amides is 1. The summed E-state index contributed by atoms with van der Waals surface area (Å²) in [6, 6.07) is 3.53. The van der Waals surface area contributed by atoms with E-state index in [0.29, 0.717) is 17.4 Å². The van der Waals surface area contributed by atoms with Crippen molar-refractivity contribution in [3.8, 4) is 0 Å². The van der Waals surface area contributed by atoms with Crippen molar-refractivity contribution in [3.05, 3.63) is 17.8 Å². The molecule has 1 aliphatic heterocycles. The number of fused-ring (bicyclic) bond motifs is 1. The van der Waals surface area contributed by atoms with Gasteiger partial charge in [-0.1, -0.05) is 0 Å². The van der Waals surface area contributed by atoms with Gasteiger partial charge in [-0.05, 0) is 18.6 Å². The second-order valence-electron chi connectivity index (χ2n) is 4.92. The molecule has 4 atom stereocenters. The minimum atomic E-state index is -0.251. The lowest BCUT2D eigenvalue weighted by Gasteiger charge is -2.45. The molecule has 0 radical (unpaired) electrons. The van der Waals surface area contributed by atoms with Crippen molar-refractivity contribution in [1.82, 2.24) is 15.5 Å². The molecule has 0 bridgehead atoms. The first-order valence-corrected chi connectivity index (χ1v) is 6.40. The van der Waals surface area contributed by atoms with E-state index in [0.717, 1.165) is 13.0 Å².